The molecule has 0 aliphatic carbocycles. The number of ketones is 1. The fraction of sp³-hybridized carbons (Fsp3) is 0.438. The molecule has 0 radical (unpaired) electrons. The summed E-state index contributed by atoms with van der Waals surface area (Å²) in [5, 5.41) is 5.59. The Bertz CT molecular complexity index is 719. The maximum atomic E-state index is 12.1. The monoisotopic (exact) mass is 286 g/mol. The zero-order chi connectivity index (χ0) is 15.0. The van der Waals surface area contributed by atoms with Crippen molar-refractivity contribution in [1.29, 1.82) is 0 Å². The van der Waals surface area contributed by atoms with E-state index < -0.39 is 11.4 Å². The molecule has 3 rings (SSSR count). The summed E-state index contributed by atoms with van der Waals surface area (Å²) in [6, 6.07) is 7.89. The Labute approximate surface area is 122 Å². The minimum Gasteiger partial charge on any atom is -0.465 e. The molecule has 1 aliphatic heterocycles. The minimum absolute atomic E-state index is 0.139. The maximum absolute atomic E-state index is 12.1. The molecule has 2 aromatic rings. The first-order valence-electron chi connectivity index (χ1n) is 7.21. The van der Waals surface area contributed by atoms with Gasteiger partial charge in [0.15, 0.2) is 0 Å². The van der Waals surface area contributed by atoms with Crippen LogP contribution in [0.3, 0.4) is 0 Å². The molecule has 21 heavy (non-hydrogen) atoms. The van der Waals surface area contributed by atoms with Crippen molar-refractivity contribution < 1.29 is 14.3 Å². The van der Waals surface area contributed by atoms with E-state index in [1.54, 1.807) is 0 Å². The SMILES string of the molecule is CCn1nc(CC2(C(C)=O)CCOC2=O)c2ccccc21. The molecule has 0 spiro atoms. The van der Waals surface area contributed by atoms with Crippen molar-refractivity contribution in [2.75, 3.05) is 6.61 Å². The third-order valence-electron chi connectivity index (χ3n) is 4.33. The topological polar surface area (TPSA) is 61.2 Å². The Morgan fingerprint density at radius 1 is 1.43 bits per heavy atom. The lowest BCUT2D eigenvalue weighted by atomic mass is 9.78. The summed E-state index contributed by atoms with van der Waals surface area (Å²) in [6.45, 7) is 4.54. The van der Waals surface area contributed by atoms with Gasteiger partial charge in [0.05, 0.1) is 17.8 Å². The van der Waals surface area contributed by atoms with Crippen LogP contribution in [0.4, 0.5) is 0 Å². The highest BCUT2D eigenvalue weighted by Crippen LogP contribution is 2.36. The summed E-state index contributed by atoms with van der Waals surface area (Å²) in [4.78, 5) is 24.1. The van der Waals surface area contributed by atoms with E-state index in [0.717, 1.165) is 23.1 Å². The molecular weight excluding hydrogens is 268 g/mol. The van der Waals surface area contributed by atoms with E-state index in [-0.39, 0.29) is 5.78 Å². The Kier molecular flexibility index (Phi) is 3.27. The van der Waals surface area contributed by atoms with Gasteiger partial charge in [-0.2, -0.15) is 5.10 Å². The first kappa shape index (κ1) is 13.8. The van der Waals surface area contributed by atoms with Gasteiger partial charge in [-0.05, 0) is 19.9 Å². The average molecular weight is 286 g/mol. The zero-order valence-corrected chi connectivity index (χ0v) is 12.3. The third-order valence-corrected chi connectivity index (χ3v) is 4.33. The van der Waals surface area contributed by atoms with Crippen LogP contribution >= 0.6 is 0 Å². The number of hydrogen-bond donors (Lipinski definition) is 0. The number of cyclic esters (lactones) is 1. The van der Waals surface area contributed by atoms with Gasteiger partial charge in [0, 0.05) is 24.8 Å². The number of nitrogens with zero attached hydrogens (tertiary/aromatic N) is 2. The number of benzene rings is 1. The second-order valence-corrected chi connectivity index (χ2v) is 5.48. The Hall–Kier alpha value is -2.17. The van der Waals surface area contributed by atoms with Gasteiger partial charge >= 0.3 is 5.97 Å². The van der Waals surface area contributed by atoms with E-state index >= 15 is 0 Å². The van der Waals surface area contributed by atoms with Crippen molar-refractivity contribution in [1.82, 2.24) is 9.78 Å². The van der Waals surface area contributed by atoms with E-state index in [0.29, 0.717) is 19.4 Å². The van der Waals surface area contributed by atoms with Crippen LogP contribution in [0, 0.1) is 5.41 Å². The summed E-state index contributed by atoms with van der Waals surface area (Å²) >= 11 is 0. The predicted octanol–water partition coefficient (Wildman–Crippen LogP) is 2.12. The predicted molar refractivity (Wildman–Crippen MR) is 77.8 cm³/mol. The molecule has 5 heteroatoms. The minimum atomic E-state index is -1.06. The van der Waals surface area contributed by atoms with Gasteiger partial charge in [-0.15, -0.1) is 0 Å². The highest BCUT2D eigenvalue weighted by atomic mass is 16.5. The van der Waals surface area contributed by atoms with E-state index in [1.807, 2.05) is 35.9 Å². The highest BCUT2D eigenvalue weighted by molar-refractivity contribution is 6.04. The molecule has 2 heterocycles. The average Bonchev–Trinajstić information content (AvgIpc) is 3.02. The van der Waals surface area contributed by atoms with Crippen molar-refractivity contribution >= 4 is 22.7 Å². The highest BCUT2D eigenvalue weighted by Gasteiger charge is 2.49. The largest absolute Gasteiger partial charge is 0.465 e. The van der Waals surface area contributed by atoms with Crippen LogP contribution in [0.5, 0.6) is 0 Å². The molecule has 1 aliphatic rings. The van der Waals surface area contributed by atoms with Gasteiger partial charge in [0.1, 0.15) is 11.2 Å². The number of para-hydroxylation sites is 1. The number of carbonyl (C=O) groups excluding carboxylic acids is 2. The molecule has 1 fully saturated rings. The number of fused-ring (bicyclic) bond motifs is 1. The van der Waals surface area contributed by atoms with Crippen LogP contribution in [-0.4, -0.2) is 28.1 Å². The summed E-state index contributed by atoms with van der Waals surface area (Å²) in [7, 11) is 0. The summed E-state index contributed by atoms with van der Waals surface area (Å²) in [5.74, 6) is -0.551. The number of esters is 1. The molecule has 110 valence electrons. The van der Waals surface area contributed by atoms with E-state index in [1.165, 1.54) is 6.92 Å². The summed E-state index contributed by atoms with van der Waals surface area (Å²) < 4.78 is 6.95. The second-order valence-electron chi connectivity index (χ2n) is 5.48. The first-order valence-corrected chi connectivity index (χ1v) is 7.21. The molecular formula is C16H18N2O3. The molecule has 1 aromatic carbocycles. The van der Waals surface area contributed by atoms with Crippen LogP contribution in [0.25, 0.3) is 10.9 Å². The van der Waals surface area contributed by atoms with Gasteiger partial charge < -0.3 is 4.74 Å². The number of aryl methyl sites for hydroxylation is 1. The number of ether oxygens (including phenoxy) is 1. The van der Waals surface area contributed by atoms with Crippen molar-refractivity contribution in [2.45, 2.75) is 33.2 Å². The van der Waals surface area contributed by atoms with Gasteiger partial charge in [-0.1, -0.05) is 18.2 Å². The van der Waals surface area contributed by atoms with E-state index in [2.05, 4.69) is 5.10 Å². The van der Waals surface area contributed by atoms with E-state index in [9.17, 15) is 9.59 Å². The van der Waals surface area contributed by atoms with Crippen molar-refractivity contribution in [3.05, 3.63) is 30.0 Å². The van der Waals surface area contributed by atoms with Crippen LogP contribution in [-0.2, 0) is 27.3 Å². The van der Waals surface area contributed by atoms with Crippen LogP contribution < -0.4 is 0 Å². The second kappa shape index (κ2) is 4.98. The zero-order valence-electron chi connectivity index (χ0n) is 12.3. The maximum Gasteiger partial charge on any atom is 0.320 e. The number of Topliss-reactive ketones (excluding diaryl/α,β-unsaturated/α-hetero) is 1. The van der Waals surface area contributed by atoms with Crippen LogP contribution in [0.15, 0.2) is 24.3 Å². The lowest BCUT2D eigenvalue weighted by molar-refractivity contribution is -0.150. The van der Waals surface area contributed by atoms with Gasteiger partial charge in [-0.3, -0.25) is 14.3 Å². The fourth-order valence-corrected chi connectivity index (χ4v) is 3.02. The number of carbonyl (C=O) groups is 2. The van der Waals surface area contributed by atoms with Gasteiger partial charge in [-0.25, -0.2) is 0 Å². The van der Waals surface area contributed by atoms with Gasteiger partial charge in [0.25, 0.3) is 0 Å². The fourth-order valence-electron chi connectivity index (χ4n) is 3.02. The Morgan fingerprint density at radius 3 is 2.81 bits per heavy atom. The molecule has 0 N–H and O–H groups in total. The smallest absolute Gasteiger partial charge is 0.320 e. The molecule has 0 amide bonds. The number of hydrogen-bond acceptors (Lipinski definition) is 4. The molecule has 0 bridgehead atoms. The molecule has 1 unspecified atom stereocenters. The van der Waals surface area contributed by atoms with E-state index in [4.69, 9.17) is 4.74 Å². The summed E-state index contributed by atoms with van der Waals surface area (Å²) in [6.07, 6.45) is 0.753. The Balaban J connectivity index is 2.09. The molecule has 1 atom stereocenters. The lowest BCUT2D eigenvalue weighted by Crippen LogP contribution is -2.36. The van der Waals surface area contributed by atoms with Crippen molar-refractivity contribution in [2.24, 2.45) is 5.41 Å². The van der Waals surface area contributed by atoms with Crippen LogP contribution in [0.2, 0.25) is 0 Å². The normalized spacial score (nSPS) is 21.7. The molecule has 5 nitrogen and oxygen atoms in total. The molecule has 1 saturated heterocycles. The standard InChI is InChI=1S/C16H18N2O3/c1-3-18-14-7-5-4-6-12(14)13(17-18)10-16(11(2)19)8-9-21-15(16)20/h4-7H,3,8-10H2,1-2H3. The van der Waals surface area contributed by atoms with Crippen molar-refractivity contribution in [3.8, 4) is 0 Å². The molecule has 0 saturated carbocycles. The third kappa shape index (κ3) is 2.04. The quantitative estimate of drug-likeness (QED) is 0.638. The van der Waals surface area contributed by atoms with Crippen LogP contribution in [0.1, 0.15) is 26.0 Å². The lowest BCUT2D eigenvalue weighted by Gasteiger charge is -2.20. The van der Waals surface area contributed by atoms with Crippen molar-refractivity contribution in [3.63, 3.8) is 0 Å². The molecule has 1 aromatic heterocycles. The number of rotatable bonds is 4. The van der Waals surface area contributed by atoms with Gasteiger partial charge in [0.2, 0.25) is 0 Å². The Morgan fingerprint density at radius 2 is 2.19 bits per heavy atom. The first-order chi connectivity index (χ1) is 10.1. The summed E-state index contributed by atoms with van der Waals surface area (Å²) in [5.41, 5.74) is 0.761. The number of aromatic nitrogens is 2.